The molecule has 1 saturated heterocycles. The number of nitrogens with zero attached hydrogens (tertiary/aromatic N) is 1. The normalized spacial score (nSPS) is 18.2. The van der Waals surface area contributed by atoms with Crippen LogP contribution in [0.3, 0.4) is 0 Å². The molecule has 1 rings (SSSR count). The Balaban J connectivity index is 2.30. The largest absolute Gasteiger partial charge is 0.335 e. The smallest absolute Gasteiger partial charge is 0.317 e. The summed E-state index contributed by atoms with van der Waals surface area (Å²) in [6.45, 7) is 4.78. The van der Waals surface area contributed by atoms with E-state index in [0.717, 1.165) is 19.3 Å². The van der Waals surface area contributed by atoms with Gasteiger partial charge in [0.25, 0.3) is 0 Å². The molecule has 0 aromatic carbocycles. The topological polar surface area (TPSA) is 32.3 Å². The van der Waals surface area contributed by atoms with Crippen LogP contribution < -0.4 is 5.32 Å². The Morgan fingerprint density at radius 1 is 1.14 bits per heavy atom. The molecular formula is C16H32FN2OP. The lowest BCUT2D eigenvalue weighted by Gasteiger charge is -2.42. The van der Waals surface area contributed by atoms with Gasteiger partial charge in [0.2, 0.25) is 0 Å². The highest BCUT2D eigenvalue weighted by molar-refractivity contribution is 7.18. The molecule has 21 heavy (non-hydrogen) atoms. The number of likely N-dealkylation sites (tertiary alicyclic amines) is 1. The summed E-state index contributed by atoms with van der Waals surface area (Å²) < 4.78 is 13.4. The minimum absolute atomic E-state index is 0.0947. The quantitative estimate of drug-likeness (QED) is 0.468. The van der Waals surface area contributed by atoms with Crippen LogP contribution in [0.25, 0.3) is 0 Å². The molecule has 2 unspecified atom stereocenters. The van der Waals surface area contributed by atoms with E-state index in [1.807, 2.05) is 0 Å². The van der Waals surface area contributed by atoms with Crippen molar-refractivity contribution in [1.82, 2.24) is 10.2 Å². The fourth-order valence-electron chi connectivity index (χ4n) is 2.74. The van der Waals surface area contributed by atoms with Crippen LogP contribution in [0.1, 0.15) is 71.6 Å². The van der Waals surface area contributed by atoms with E-state index in [-0.39, 0.29) is 25.2 Å². The van der Waals surface area contributed by atoms with Crippen molar-refractivity contribution in [3.8, 4) is 0 Å². The lowest BCUT2D eigenvalue weighted by atomic mass is 10.0. The summed E-state index contributed by atoms with van der Waals surface area (Å²) in [4.78, 5) is 13.6. The number of urea groups is 1. The Labute approximate surface area is 131 Å². The number of hydrogen-bond donors (Lipinski definition) is 1. The molecule has 3 nitrogen and oxygen atoms in total. The van der Waals surface area contributed by atoms with Crippen molar-refractivity contribution < 1.29 is 9.18 Å². The van der Waals surface area contributed by atoms with Gasteiger partial charge < -0.3 is 10.2 Å². The summed E-state index contributed by atoms with van der Waals surface area (Å²) >= 11 is 0. The summed E-state index contributed by atoms with van der Waals surface area (Å²) in [5.41, 5.74) is 0. The zero-order chi connectivity index (χ0) is 15.7. The Hall–Kier alpha value is -0.370. The second-order valence-corrected chi connectivity index (χ2v) is 7.42. The average molecular weight is 318 g/mol. The molecule has 0 aromatic rings. The van der Waals surface area contributed by atoms with Crippen LogP contribution in [0.15, 0.2) is 0 Å². The summed E-state index contributed by atoms with van der Waals surface area (Å²) in [7, 11) is 2.18. The summed E-state index contributed by atoms with van der Waals surface area (Å²) in [5, 5.41) is 1.84. The predicted molar refractivity (Wildman–Crippen MR) is 90.3 cm³/mol. The van der Waals surface area contributed by atoms with E-state index in [4.69, 9.17) is 0 Å². The second-order valence-electron chi connectivity index (χ2n) is 6.38. The molecule has 5 heteroatoms. The predicted octanol–water partition coefficient (Wildman–Crippen LogP) is 4.47. The number of carbonyl (C=O) groups excluding carboxylic acids is 1. The highest BCUT2D eigenvalue weighted by Gasteiger charge is 2.42. The highest BCUT2D eigenvalue weighted by atomic mass is 31.0. The van der Waals surface area contributed by atoms with Crippen molar-refractivity contribution in [3.63, 3.8) is 0 Å². The molecule has 0 aliphatic carbocycles. The van der Waals surface area contributed by atoms with Crippen molar-refractivity contribution in [2.45, 2.75) is 83.1 Å². The molecule has 1 aliphatic heterocycles. The van der Waals surface area contributed by atoms with Gasteiger partial charge in [-0.2, -0.15) is 0 Å². The molecule has 1 heterocycles. The van der Waals surface area contributed by atoms with Crippen molar-refractivity contribution in [2.24, 2.45) is 0 Å². The lowest BCUT2D eigenvalue weighted by molar-refractivity contribution is 0.0629. The third-order valence-electron chi connectivity index (χ3n) is 4.08. The van der Waals surface area contributed by atoms with Gasteiger partial charge >= 0.3 is 6.03 Å². The summed E-state index contributed by atoms with van der Waals surface area (Å²) in [6, 6.07) is 0.155. The van der Waals surface area contributed by atoms with Crippen LogP contribution in [-0.4, -0.2) is 35.5 Å². The van der Waals surface area contributed by atoms with Crippen LogP contribution in [0.5, 0.6) is 0 Å². The number of halogens is 1. The monoisotopic (exact) mass is 318 g/mol. The third kappa shape index (κ3) is 7.44. The molecule has 2 atom stereocenters. The lowest BCUT2D eigenvalue weighted by Crippen LogP contribution is -2.61. The van der Waals surface area contributed by atoms with E-state index in [9.17, 15) is 9.18 Å². The molecule has 1 fully saturated rings. The van der Waals surface area contributed by atoms with Crippen LogP contribution in [0.4, 0.5) is 9.18 Å². The third-order valence-corrected chi connectivity index (χ3v) is 4.45. The fourth-order valence-corrected chi connectivity index (χ4v) is 3.19. The SMILES string of the molecule is CCCCCCC(CCCCC)NC(=O)N1CC(F)(P)C1. The standard InChI is InChI=1S/C16H32FN2OP/c1-3-5-7-9-11-14(10-8-6-4-2)18-15(20)19-12-16(17,21)13-19/h14H,3-13,21H2,1-2H3,(H,18,20). The Morgan fingerprint density at radius 3 is 2.19 bits per heavy atom. The van der Waals surface area contributed by atoms with Gasteiger partial charge in [0, 0.05) is 6.04 Å². The molecular weight excluding hydrogens is 286 g/mol. The highest BCUT2D eigenvalue weighted by Crippen LogP contribution is 2.31. The van der Waals surface area contributed by atoms with E-state index in [0.29, 0.717) is 0 Å². The summed E-state index contributed by atoms with van der Waals surface area (Å²) in [6.07, 6.45) is 10.6. The van der Waals surface area contributed by atoms with E-state index in [1.165, 1.54) is 38.5 Å². The van der Waals surface area contributed by atoms with Crippen LogP contribution in [-0.2, 0) is 0 Å². The van der Waals surface area contributed by atoms with Crippen molar-refractivity contribution in [2.75, 3.05) is 13.1 Å². The Bertz CT molecular complexity index is 305. The first kappa shape index (κ1) is 18.7. The van der Waals surface area contributed by atoms with E-state index < -0.39 is 5.41 Å². The molecule has 1 N–H and O–H groups in total. The summed E-state index contributed by atoms with van der Waals surface area (Å²) in [5.74, 6) is 0. The van der Waals surface area contributed by atoms with E-state index in [2.05, 4.69) is 28.4 Å². The average Bonchev–Trinajstić information content (AvgIpc) is 2.40. The minimum atomic E-state index is -1.27. The minimum Gasteiger partial charge on any atom is -0.335 e. The molecule has 0 bridgehead atoms. The van der Waals surface area contributed by atoms with Gasteiger partial charge in [-0.3, -0.25) is 0 Å². The molecule has 124 valence electrons. The Morgan fingerprint density at radius 2 is 1.67 bits per heavy atom. The van der Waals surface area contributed by atoms with Gasteiger partial charge in [-0.05, 0) is 12.8 Å². The molecule has 0 aromatic heterocycles. The number of carbonyl (C=O) groups is 1. The molecule has 2 amide bonds. The maximum absolute atomic E-state index is 13.4. The molecule has 0 saturated carbocycles. The number of rotatable bonds is 10. The van der Waals surface area contributed by atoms with Gasteiger partial charge in [-0.25, -0.2) is 9.18 Å². The molecule has 0 radical (unpaired) electrons. The first-order chi connectivity index (χ1) is 9.98. The maximum atomic E-state index is 13.4. The van der Waals surface area contributed by atoms with Gasteiger partial charge in [0.15, 0.2) is 5.41 Å². The van der Waals surface area contributed by atoms with Gasteiger partial charge in [0.05, 0.1) is 13.1 Å². The van der Waals surface area contributed by atoms with Gasteiger partial charge in [0.1, 0.15) is 0 Å². The zero-order valence-corrected chi connectivity index (χ0v) is 14.8. The second kappa shape index (κ2) is 9.61. The van der Waals surface area contributed by atoms with E-state index >= 15 is 0 Å². The zero-order valence-electron chi connectivity index (χ0n) is 13.7. The number of amides is 2. The van der Waals surface area contributed by atoms with Gasteiger partial charge in [-0.15, -0.1) is 0 Å². The van der Waals surface area contributed by atoms with Crippen molar-refractivity contribution >= 4 is 15.3 Å². The number of unbranched alkanes of at least 4 members (excludes halogenated alkanes) is 5. The van der Waals surface area contributed by atoms with E-state index in [1.54, 1.807) is 4.90 Å². The van der Waals surface area contributed by atoms with Crippen molar-refractivity contribution in [1.29, 1.82) is 0 Å². The van der Waals surface area contributed by atoms with Crippen LogP contribution >= 0.6 is 9.24 Å². The maximum Gasteiger partial charge on any atom is 0.317 e. The fraction of sp³-hybridized carbons (Fsp3) is 0.938. The van der Waals surface area contributed by atoms with Crippen molar-refractivity contribution in [3.05, 3.63) is 0 Å². The Kier molecular flexibility index (Phi) is 8.55. The van der Waals surface area contributed by atoms with Crippen LogP contribution in [0, 0.1) is 0 Å². The number of hydrogen-bond acceptors (Lipinski definition) is 1. The molecule has 0 spiro atoms. The molecule has 1 aliphatic rings. The first-order valence-corrected chi connectivity index (χ1v) is 9.09. The van der Waals surface area contributed by atoms with Crippen LogP contribution in [0.2, 0.25) is 0 Å². The number of alkyl halides is 1. The number of nitrogens with one attached hydrogen (secondary N) is 1. The first-order valence-electron chi connectivity index (χ1n) is 8.51. The van der Waals surface area contributed by atoms with Gasteiger partial charge in [-0.1, -0.05) is 68.0 Å².